The fourth-order valence-electron chi connectivity index (χ4n) is 2.35. The molecule has 0 bridgehead atoms. The summed E-state index contributed by atoms with van der Waals surface area (Å²) < 4.78 is 0. The van der Waals surface area contributed by atoms with Gasteiger partial charge in [0.15, 0.2) is 0 Å². The molecule has 0 atom stereocenters. The van der Waals surface area contributed by atoms with Crippen molar-refractivity contribution in [1.82, 2.24) is 4.90 Å². The predicted molar refractivity (Wildman–Crippen MR) is 95.8 cm³/mol. The molecule has 0 fully saturated rings. The van der Waals surface area contributed by atoms with Crippen LogP contribution in [0.3, 0.4) is 0 Å². The highest BCUT2D eigenvalue weighted by Crippen LogP contribution is 2.20. The molecule has 0 spiro atoms. The molecular weight excluding hydrogens is 312 g/mol. The van der Waals surface area contributed by atoms with Crippen molar-refractivity contribution < 1.29 is 9.59 Å². The molecular formula is C18H27ClN2O2. The Bertz CT molecular complexity index is 526. The third kappa shape index (κ3) is 7.04. The monoisotopic (exact) mass is 338 g/mol. The molecule has 4 nitrogen and oxygen atoms in total. The maximum atomic E-state index is 12.1. The molecule has 1 rings (SSSR count). The summed E-state index contributed by atoms with van der Waals surface area (Å²) in [4.78, 5) is 25.9. The lowest BCUT2D eigenvalue weighted by Crippen LogP contribution is -2.32. The maximum absolute atomic E-state index is 12.1. The predicted octanol–water partition coefficient (Wildman–Crippen LogP) is 4.41. The van der Waals surface area contributed by atoms with E-state index in [1.54, 1.807) is 6.07 Å². The molecule has 1 aromatic rings. The summed E-state index contributed by atoms with van der Waals surface area (Å²) in [5, 5.41) is 3.45. The largest absolute Gasteiger partial charge is 0.343 e. The number of benzene rings is 1. The molecule has 1 N–H and O–H groups in total. The Kier molecular flexibility index (Phi) is 8.70. The van der Waals surface area contributed by atoms with E-state index in [0.29, 0.717) is 30.0 Å². The molecule has 23 heavy (non-hydrogen) atoms. The lowest BCUT2D eigenvalue weighted by atomic mass is 10.2. The second-order valence-electron chi connectivity index (χ2n) is 5.75. The van der Waals surface area contributed by atoms with Crippen LogP contribution in [0.25, 0.3) is 0 Å². The zero-order valence-corrected chi connectivity index (χ0v) is 15.1. The van der Waals surface area contributed by atoms with Gasteiger partial charge in [-0.3, -0.25) is 9.59 Å². The number of halogens is 1. The van der Waals surface area contributed by atoms with Gasteiger partial charge in [0.05, 0.1) is 0 Å². The smallest absolute Gasteiger partial charge is 0.224 e. The van der Waals surface area contributed by atoms with Crippen molar-refractivity contribution in [3.63, 3.8) is 0 Å². The lowest BCUT2D eigenvalue weighted by Gasteiger charge is -2.21. The quantitative estimate of drug-likeness (QED) is 0.725. The van der Waals surface area contributed by atoms with Crippen LogP contribution in [0.5, 0.6) is 0 Å². The van der Waals surface area contributed by atoms with E-state index in [-0.39, 0.29) is 11.8 Å². The molecule has 0 aliphatic rings. The van der Waals surface area contributed by atoms with Crippen molar-refractivity contribution in [1.29, 1.82) is 0 Å². The minimum Gasteiger partial charge on any atom is -0.343 e. The van der Waals surface area contributed by atoms with Gasteiger partial charge in [0.2, 0.25) is 11.8 Å². The first kappa shape index (κ1) is 19.5. The van der Waals surface area contributed by atoms with Crippen LogP contribution >= 0.6 is 11.6 Å². The Labute approximate surface area is 144 Å². The summed E-state index contributed by atoms with van der Waals surface area (Å²) in [5.74, 6) is 0.0510. The average molecular weight is 339 g/mol. The van der Waals surface area contributed by atoms with E-state index in [0.717, 1.165) is 31.5 Å². The lowest BCUT2D eigenvalue weighted by molar-refractivity contribution is -0.131. The van der Waals surface area contributed by atoms with Crippen LogP contribution < -0.4 is 5.32 Å². The first-order chi connectivity index (χ1) is 11.0. The van der Waals surface area contributed by atoms with Gasteiger partial charge in [0.1, 0.15) is 0 Å². The zero-order chi connectivity index (χ0) is 17.2. The number of carbonyl (C=O) groups excluding carboxylic acids is 2. The third-order valence-electron chi connectivity index (χ3n) is 3.59. The topological polar surface area (TPSA) is 49.4 Å². The summed E-state index contributed by atoms with van der Waals surface area (Å²) in [6.45, 7) is 7.63. The van der Waals surface area contributed by atoms with Crippen LogP contribution in [-0.2, 0) is 9.59 Å². The van der Waals surface area contributed by atoms with Crippen LogP contribution in [-0.4, -0.2) is 29.8 Å². The first-order valence-electron chi connectivity index (χ1n) is 8.31. The zero-order valence-electron chi connectivity index (χ0n) is 14.3. The van der Waals surface area contributed by atoms with Gasteiger partial charge in [-0.25, -0.2) is 0 Å². The molecule has 0 heterocycles. The SMILES string of the molecule is CCCN(CCC)C(=O)CCCC(=O)Nc1ccc(C)c(Cl)c1. The van der Waals surface area contributed by atoms with Gasteiger partial charge in [0, 0.05) is 36.6 Å². The second-order valence-corrected chi connectivity index (χ2v) is 6.15. The van der Waals surface area contributed by atoms with Crippen molar-refractivity contribution in [2.24, 2.45) is 0 Å². The Morgan fingerprint density at radius 2 is 1.78 bits per heavy atom. The van der Waals surface area contributed by atoms with Crippen molar-refractivity contribution in [2.45, 2.75) is 52.9 Å². The van der Waals surface area contributed by atoms with E-state index in [4.69, 9.17) is 11.6 Å². The number of hydrogen-bond donors (Lipinski definition) is 1. The molecule has 0 radical (unpaired) electrons. The number of rotatable bonds is 9. The molecule has 0 aromatic heterocycles. The third-order valence-corrected chi connectivity index (χ3v) is 4.00. The highest BCUT2D eigenvalue weighted by atomic mass is 35.5. The summed E-state index contributed by atoms with van der Waals surface area (Å²) in [6, 6.07) is 5.44. The minimum atomic E-state index is -0.0877. The number of anilines is 1. The van der Waals surface area contributed by atoms with Crippen LogP contribution in [0.15, 0.2) is 18.2 Å². The summed E-state index contributed by atoms with van der Waals surface area (Å²) in [5.41, 5.74) is 1.66. The molecule has 1 aromatic carbocycles. The van der Waals surface area contributed by atoms with Crippen molar-refractivity contribution in [3.8, 4) is 0 Å². The molecule has 5 heteroatoms. The number of carbonyl (C=O) groups is 2. The summed E-state index contributed by atoms with van der Waals surface area (Å²) in [7, 11) is 0. The van der Waals surface area contributed by atoms with E-state index in [9.17, 15) is 9.59 Å². The van der Waals surface area contributed by atoms with Gasteiger partial charge in [-0.05, 0) is 43.9 Å². The van der Waals surface area contributed by atoms with Crippen molar-refractivity contribution in [3.05, 3.63) is 28.8 Å². The molecule has 0 aliphatic heterocycles. The Balaban J connectivity index is 2.38. The number of nitrogens with one attached hydrogen (secondary N) is 1. The number of aryl methyl sites for hydroxylation is 1. The fourth-order valence-corrected chi connectivity index (χ4v) is 2.53. The maximum Gasteiger partial charge on any atom is 0.224 e. The van der Waals surface area contributed by atoms with Crippen molar-refractivity contribution in [2.75, 3.05) is 18.4 Å². The molecule has 0 saturated carbocycles. The van der Waals surface area contributed by atoms with Gasteiger partial charge in [-0.15, -0.1) is 0 Å². The van der Waals surface area contributed by atoms with Gasteiger partial charge >= 0.3 is 0 Å². The van der Waals surface area contributed by atoms with E-state index in [1.165, 1.54) is 0 Å². The first-order valence-corrected chi connectivity index (χ1v) is 8.69. The summed E-state index contributed by atoms with van der Waals surface area (Å²) in [6.07, 6.45) is 3.24. The van der Waals surface area contributed by atoms with Crippen LogP contribution in [0.2, 0.25) is 5.02 Å². The highest BCUT2D eigenvalue weighted by Gasteiger charge is 2.12. The van der Waals surface area contributed by atoms with Crippen molar-refractivity contribution >= 4 is 29.1 Å². The van der Waals surface area contributed by atoms with Gasteiger partial charge in [-0.1, -0.05) is 31.5 Å². The normalized spacial score (nSPS) is 10.4. The van der Waals surface area contributed by atoms with E-state index in [1.807, 2.05) is 24.0 Å². The molecule has 2 amide bonds. The molecule has 0 saturated heterocycles. The average Bonchev–Trinajstić information content (AvgIpc) is 2.50. The summed E-state index contributed by atoms with van der Waals surface area (Å²) >= 11 is 6.04. The van der Waals surface area contributed by atoms with Crippen LogP contribution in [0.4, 0.5) is 5.69 Å². The van der Waals surface area contributed by atoms with Crippen LogP contribution in [0, 0.1) is 6.92 Å². The van der Waals surface area contributed by atoms with E-state index in [2.05, 4.69) is 19.2 Å². The second kappa shape index (κ2) is 10.3. The number of nitrogens with zero attached hydrogens (tertiary/aromatic N) is 1. The standard InChI is InChI=1S/C18H27ClN2O2/c1-4-11-21(12-5-2)18(23)8-6-7-17(22)20-15-10-9-14(3)16(19)13-15/h9-10,13H,4-8,11-12H2,1-3H3,(H,20,22). The highest BCUT2D eigenvalue weighted by molar-refractivity contribution is 6.31. The Morgan fingerprint density at radius 3 is 2.35 bits per heavy atom. The molecule has 128 valence electrons. The molecule has 0 aliphatic carbocycles. The number of hydrogen-bond acceptors (Lipinski definition) is 2. The Hall–Kier alpha value is -1.55. The fraction of sp³-hybridized carbons (Fsp3) is 0.556. The van der Waals surface area contributed by atoms with Gasteiger partial charge in [-0.2, -0.15) is 0 Å². The van der Waals surface area contributed by atoms with Gasteiger partial charge in [0.25, 0.3) is 0 Å². The Morgan fingerprint density at radius 1 is 1.13 bits per heavy atom. The van der Waals surface area contributed by atoms with Crippen LogP contribution in [0.1, 0.15) is 51.5 Å². The number of amides is 2. The minimum absolute atomic E-state index is 0.0877. The molecule has 0 unspecified atom stereocenters. The van der Waals surface area contributed by atoms with Gasteiger partial charge < -0.3 is 10.2 Å². The van der Waals surface area contributed by atoms with E-state index >= 15 is 0 Å². The van der Waals surface area contributed by atoms with E-state index < -0.39 is 0 Å².